The van der Waals surface area contributed by atoms with Crippen LogP contribution in [-0.4, -0.2) is 19.4 Å². The molecule has 0 heterocycles. The van der Waals surface area contributed by atoms with Crippen molar-refractivity contribution in [2.45, 2.75) is 44.0 Å². The third-order valence-corrected chi connectivity index (χ3v) is 4.51. The van der Waals surface area contributed by atoms with Crippen LogP contribution >= 0.6 is 0 Å². The minimum absolute atomic E-state index is 0.165. The molecule has 1 unspecified atom stereocenters. The summed E-state index contributed by atoms with van der Waals surface area (Å²) >= 11 is 0. The Hall–Kier alpha value is -1.67. The zero-order chi connectivity index (χ0) is 15.3. The number of sulfonamides is 1. The van der Waals surface area contributed by atoms with Crippen molar-refractivity contribution in [2.75, 3.05) is 5.73 Å². The Labute approximate surface area is 118 Å². The number of nitro benzene ring substituents is 1. The molecule has 1 aromatic carbocycles. The maximum atomic E-state index is 12.3. The Morgan fingerprint density at radius 1 is 1.40 bits per heavy atom. The third-order valence-electron chi connectivity index (χ3n) is 2.95. The highest BCUT2D eigenvalue weighted by Crippen LogP contribution is 2.29. The zero-order valence-corrected chi connectivity index (χ0v) is 12.3. The van der Waals surface area contributed by atoms with E-state index in [9.17, 15) is 18.5 Å². The van der Waals surface area contributed by atoms with E-state index in [1.165, 1.54) is 18.2 Å². The Morgan fingerprint density at radius 3 is 2.55 bits per heavy atom. The summed E-state index contributed by atoms with van der Waals surface area (Å²) in [5.41, 5.74) is 4.76. The minimum Gasteiger partial charge on any atom is -0.393 e. The summed E-state index contributed by atoms with van der Waals surface area (Å²) in [5, 5.41) is 11.0. The van der Waals surface area contributed by atoms with Crippen molar-refractivity contribution in [2.24, 2.45) is 0 Å². The SMILES string of the molecule is CCCC(CC)NS(=O)(=O)c1cccc(N)c1[N+](=O)[O-]. The maximum absolute atomic E-state index is 12.3. The predicted octanol–water partition coefficient (Wildman–Crippen LogP) is 2.03. The molecule has 7 nitrogen and oxygen atoms in total. The highest BCUT2D eigenvalue weighted by Gasteiger charge is 2.29. The molecule has 0 aromatic heterocycles. The standard InChI is InChI=1S/C12H19N3O4S/c1-3-6-9(4-2)14-20(18,19)11-8-5-7-10(13)12(11)15(16)17/h5,7-9,14H,3-4,6,13H2,1-2H3. The Kier molecular flexibility index (Phi) is 5.46. The molecule has 0 spiro atoms. The largest absolute Gasteiger partial charge is 0.393 e. The topological polar surface area (TPSA) is 115 Å². The molecule has 1 rings (SSSR count). The van der Waals surface area contributed by atoms with Gasteiger partial charge in [0.05, 0.1) is 4.92 Å². The molecule has 0 bridgehead atoms. The number of nitro groups is 1. The highest BCUT2D eigenvalue weighted by molar-refractivity contribution is 7.89. The second-order valence-corrected chi connectivity index (χ2v) is 6.15. The summed E-state index contributed by atoms with van der Waals surface area (Å²) in [6, 6.07) is 3.64. The lowest BCUT2D eigenvalue weighted by molar-refractivity contribution is -0.386. The van der Waals surface area contributed by atoms with Crippen LogP contribution in [0.4, 0.5) is 11.4 Å². The van der Waals surface area contributed by atoms with Crippen molar-refractivity contribution in [3.8, 4) is 0 Å². The van der Waals surface area contributed by atoms with Gasteiger partial charge in [0.2, 0.25) is 10.0 Å². The van der Waals surface area contributed by atoms with Gasteiger partial charge in [-0.15, -0.1) is 0 Å². The first-order chi connectivity index (χ1) is 9.33. The normalized spacial score (nSPS) is 13.1. The van der Waals surface area contributed by atoms with Crippen molar-refractivity contribution in [1.82, 2.24) is 4.72 Å². The quantitative estimate of drug-likeness (QED) is 0.454. The van der Waals surface area contributed by atoms with E-state index in [0.717, 1.165) is 6.42 Å². The van der Waals surface area contributed by atoms with Crippen molar-refractivity contribution in [1.29, 1.82) is 0 Å². The van der Waals surface area contributed by atoms with Gasteiger partial charge < -0.3 is 5.73 Å². The monoisotopic (exact) mass is 301 g/mol. The van der Waals surface area contributed by atoms with Gasteiger partial charge >= 0.3 is 5.69 Å². The van der Waals surface area contributed by atoms with Crippen molar-refractivity contribution >= 4 is 21.4 Å². The molecule has 112 valence electrons. The number of nitrogens with zero attached hydrogens (tertiary/aromatic N) is 1. The van der Waals surface area contributed by atoms with Crippen LogP contribution in [0.2, 0.25) is 0 Å². The van der Waals surface area contributed by atoms with E-state index < -0.39 is 25.5 Å². The number of benzene rings is 1. The van der Waals surface area contributed by atoms with E-state index >= 15 is 0 Å². The van der Waals surface area contributed by atoms with Crippen LogP contribution in [0.25, 0.3) is 0 Å². The molecule has 0 fully saturated rings. The molecular weight excluding hydrogens is 282 g/mol. The molecule has 0 amide bonds. The van der Waals surface area contributed by atoms with Gasteiger partial charge in [0.15, 0.2) is 4.90 Å². The molecule has 0 saturated carbocycles. The lowest BCUT2D eigenvalue weighted by Gasteiger charge is -2.16. The number of hydrogen-bond donors (Lipinski definition) is 2. The van der Waals surface area contributed by atoms with Crippen molar-refractivity contribution in [3.63, 3.8) is 0 Å². The van der Waals surface area contributed by atoms with Gasteiger partial charge in [0, 0.05) is 6.04 Å². The molecule has 20 heavy (non-hydrogen) atoms. The molecule has 0 radical (unpaired) electrons. The van der Waals surface area contributed by atoms with Crippen LogP contribution in [-0.2, 0) is 10.0 Å². The number of nitrogens with two attached hydrogens (primary N) is 1. The van der Waals surface area contributed by atoms with E-state index in [0.29, 0.717) is 12.8 Å². The first-order valence-corrected chi connectivity index (χ1v) is 7.87. The summed E-state index contributed by atoms with van der Waals surface area (Å²) < 4.78 is 27.1. The van der Waals surface area contributed by atoms with E-state index in [-0.39, 0.29) is 11.7 Å². The van der Waals surface area contributed by atoms with Gasteiger partial charge in [-0.2, -0.15) is 0 Å². The molecule has 1 aromatic rings. The molecule has 8 heteroatoms. The number of nitrogen functional groups attached to an aromatic ring is 1. The molecule has 1 atom stereocenters. The van der Waals surface area contributed by atoms with Crippen molar-refractivity contribution < 1.29 is 13.3 Å². The van der Waals surface area contributed by atoms with Crippen LogP contribution in [0.5, 0.6) is 0 Å². The van der Waals surface area contributed by atoms with E-state index in [2.05, 4.69) is 4.72 Å². The van der Waals surface area contributed by atoms with Crippen LogP contribution in [0.1, 0.15) is 33.1 Å². The number of anilines is 1. The van der Waals surface area contributed by atoms with Crippen LogP contribution < -0.4 is 10.5 Å². The van der Waals surface area contributed by atoms with Gasteiger partial charge in [0.25, 0.3) is 0 Å². The fourth-order valence-corrected chi connectivity index (χ4v) is 3.48. The first kappa shape index (κ1) is 16.4. The van der Waals surface area contributed by atoms with Crippen LogP contribution in [0.15, 0.2) is 23.1 Å². The first-order valence-electron chi connectivity index (χ1n) is 6.38. The molecule has 0 aliphatic rings. The van der Waals surface area contributed by atoms with Crippen LogP contribution in [0, 0.1) is 10.1 Å². The van der Waals surface area contributed by atoms with Gasteiger partial charge in [-0.25, -0.2) is 13.1 Å². The summed E-state index contributed by atoms with van der Waals surface area (Å²) in [4.78, 5) is 9.84. The average molecular weight is 301 g/mol. The van der Waals surface area contributed by atoms with E-state index in [1.54, 1.807) is 0 Å². The second kappa shape index (κ2) is 6.67. The fraction of sp³-hybridized carbons (Fsp3) is 0.500. The molecule has 0 aliphatic heterocycles. The van der Waals surface area contributed by atoms with Gasteiger partial charge in [0.1, 0.15) is 5.69 Å². The molecular formula is C12H19N3O4S. The minimum atomic E-state index is -3.96. The Bertz CT molecular complexity index is 586. The summed E-state index contributed by atoms with van der Waals surface area (Å²) in [6.45, 7) is 3.80. The zero-order valence-electron chi connectivity index (χ0n) is 11.5. The average Bonchev–Trinajstić information content (AvgIpc) is 2.37. The molecule has 0 saturated heterocycles. The second-order valence-electron chi connectivity index (χ2n) is 4.47. The van der Waals surface area contributed by atoms with Gasteiger partial charge in [-0.3, -0.25) is 10.1 Å². The van der Waals surface area contributed by atoms with Gasteiger partial charge in [-0.1, -0.05) is 26.3 Å². The molecule has 3 N–H and O–H groups in total. The number of hydrogen-bond acceptors (Lipinski definition) is 5. The predicted molar refractivity (Wildman–Crippen MR) is 76.8 cm³/mol. The fourth-order valence-electron chi connectivity index (χ4n) is 1.93. The molecule has 0 aliphatic carbocycles. The highest BCUT2D eigenvalue weighted by atomic mass is 32.2. The summed E-state index contributed by atoms with van der Waals surface area (Å²) in [6.07, 6.45) is 2.11. The smallest absolute Gasteiger partial charge is 0.312 e. The third kappa shape index (κ3) is 3.67. The Balaban J connectivity index is 3.22. The lowest BCUT2D eigenvalue weighted by Crippen LogP contribution is -2.34. The van der Waals surface area contributed by atoms with E-state index in [1.807, 2.05) is 13.8 Å². The van der Waals surface area contributed by atoms with Crippen molar-refractivity contribution in [3.05, 3.63) is 28.3 Å². The summed E-state index contributed by atoms with van der Waals surface area (Å²) in [5.74, 6) is 0. The lowest BCUT2D eigenvalue weighted by atomic mass is 10.1. The van der Waals surface area contributed by atoms with Gasteiger partial charge in [-0.05, 0) is 25.0 Å². The maximum Gasteiger partial charge on any atom is 0.312 e. The Morgan fingerprint density at radius 2 is 2.05 bits per heavy atom. The number of rotatable bonds is 7. The number of nitrogens with one attached hydrogen (secondary N) is 1. The number of para-hydroxylation sites is 1. The van der Waals surface area contributed by atoms with Crippen LogP contribution in [0.3, 0.4) is 0 Å². The summed E-state index contributed by atoms with van der Waals surface area (Å²) in [7, 11) is -3.96. The van der Waals surface area contributed by atoms with E-state index in [4.69, 9.17) is 5.73 Å².